The van der Waals surface area contributed by atoms with Crippen molar-refractivity contribution in [2.75, 3.05) is 12.8 Å². The Morgan fingerprint density at radius 3 is 2.42 bits per heavy atom. The van der Waals surface area contributed by atoms with E-state index in [0.717, 1.165) is 10.6 Å². The van der Waals surface area contributed by atoms with Gasteiger partial charge in [-0.1, -0.05) is 24.3 Å². The first kappa shape index (κ1) is 29.8. The van der Waals surface area contributed by atoms with E-state index in [0.29, 0.717) is 5.56 Å². The summed E-state index contributed by atoms with van der Waals surface area (Å²) in [5, 5.41) is 4.83. The van der Waals surface area contributed by atoms with Gasteiger partial charge in [0.1, 0.15) is 5.75 Å². The molecule has 5 rings (SSSR count). The van der Waals surface area contributed by atoms with Crippen molar-refractivity contribution < 1.29 is 49.4 Å². The molecule has 2 N–H and O–H groups in total. The van der Waals surface area contributed by atoms with Crippen molar-refractivity contribution >= 4 is 32.7 Å². The van der Waals surface area contributed by atoms with E-state index in [1.165, 1.54) is 61.6 Å². The summed E-state index contributed by atoms with van der Waals surface area (Å²) in [4.78, 5) is 27.8. The van der Waals surface area contributed by atoms with Gasteiger partial charge in [-0.2, -0.15) is 13.2 Å². The fraction of sp³-hybridized carbons (Fsp3) is 0.222. The number of hydrogen-bond acceptors (Lipinski definition) is 7. The van der Waals surface area contributed by atoms with Gasteiger partial charge in [0.2, 0.25) is 11.7 Å². The highest BCUT2D eigenvalue weighted by Gasteiger charge is 2.45. The smallest absolute Gasteiger partial charge is 0.395 e. The van der Waals surface area contributed by atoms with Crippen LogP contribution >= 0.6 is 0 Å². The quantitative estimate of drug-likeness (QED) is 0.285. The van der Waals surface area contributed by atoms with Crippen LogP contribution in [0.4, 0.5) is 22.0 Å². The van der Waals surface area contributed by atoms with E-state index in [-0.39, 0.29) is 39.4 Å². The average molecular weight is 625 g/mol. The van der Waals surface area contributed by atoms with Gasteiger partial charge in [-0.3, -0.25) is 9.59 Å². The van der Waals surface area contributed by atoms with Gasteiger partial charge in [-0.05, 0) is 42.0 Å². The molecule has 0 atom stereocenters. The van der Waals surface area contributed by atoms with Crippen molar-refractivity contribution in [1.29, 1.82) is 0 Å². The molecule has 0 aliphatic carbocycles. The Balaban J connectivity index is 1.35. The number of alkyl halides is 5. The van der Waals surface area contributed by atoms with Crippen LogP contribution in [-0.4, -0.2) is 48.9 Å². The predicted molar refractivity (Wildman–Crippen MR) is 140 cm³/mol. The molecular formula is C27H21F5N4O6S. The number of benzene rings is 3. The maximum Gasteiger partial charge on any atom is 0.586 e. The van der Waals surface area contributed by atoms with Crippen LogP contribution in [0.2, 0.25) is 0 Å². The van der Waals surface area contributed by atoms with E-state index in [1.807, 2.05) is 0 Å². The van der Waals surface area contributed by atoms with Gasteiger partial charge in [0.05, 0.1) is 22.5 Å². The van der Waals surface area contributed by atoms with Crippen LogP contribution in [0, 0.1) is 0 Å². The Morgan fingerprint density at radius 2 is 1.74 bits per heavy atom. The number of carbonyl (C=O) groups is 2. The molecule has 1 aliphatic rings. The first-order valence-corrected chi connectivity index (χ1v) is 14.1. The lowest BCUT2D eigenvalue weighted by atomic mass is 10.1. The molecule has 0 saturated heterocycles. The summed E-state index contributed by atoms with van der Waals surface area (Å²) in [7, 11) is -2.54. The van der Waals surface area contributed by atoms with E-state index in [9.17, 15) is 40.0 Å². The standard InChI is InChI=1S/C27H21F5N4O6S/c1-33-22(37)14-43(39,40)18-8-5-15(6-9-18)12-34-24(38)16-7-10-20-19(11-16)35-25(26(28,29)30)36(20)13-17-3-2-4-21-23(17)42-27(31,32)41-21/h2-11H,12-14H2,1H3,(H,33,37)(H,34,38). The average Bonchev–Trinajstić information content (AvgIpc) is 3.47. The monoisotopic (exact) mass is 624 g/mol. The third-order valence-corrected chi connectivity index (χ3v) is 8.07. The molecule has 0 bridgehead atoms. The normalized spacial score (nSPS) is 14.1. The number of imidazole rings is 1. The molecule has 0 radical (unpaired) electrons. The van der Waals surface area contributed by atoms with Gasteiger partial charge in [0, 0.05) is 24.7 Å². The van der Waals surface area contributed by atoms with Crippen LogP contribution < -0.4 is 20.1 Å². The molecule has 0 spiro atoms. The van der Waals surface area contributed by atoms with E-state index >= 15 is 0 Å². The van der Waals surface area contributed by atoms with Crippen molar-refractivity contribution in [2.45, 2.75) is 30.5 Å². The number of para-hydroxylation sites is 1. The maximum absolute atomic E-state index is 13.9. The molecule has 3 aromatic carbocycles. The highest BCUT2D eigenvalue weighted by molar-refractivity contribution is 7.92. The molecular weight excluding hydrogens is 603 g/mol. The lowest BCUT2D eigenvalue weighted by Gasteiger charge is -2.13. The molecule has 226 valence electrons. The Morgan fingerprint density at radius 1 is 1.02 bits per heavy atom. The summed E-state index contributed by atoms with van der Waals surface area (Å²) in [5.74, 6) is -4.06. The number of sulfone groups is 1. The Bertz CT molecular complexity index is 1840. The predicted octanol–water partition coefficient (Wildman–Crippen LogP) is 3.87. The van der Waals surface area contributed by atoms with Crippen molar-refractivity contribution in [3.05, 3.63) is 83.2 Å². The summed E-state index contributed by atoms with van der Waals surface area (Å²) in [6.45, 7) is -0.574. The first-order chi connectivity index (χ1) is 20.2. The number of ether oxygens (including phenoxy) is 2. The summed E-state index contributed by atoms with van der Waals surface area (Å²) >= 11 is 0. The van der Waals surface area contributed by atoms with Crippen LogP contribution in [0.1, 0.15) is 27.3 Å². The van der Waals surface area contributed by atoms with Crippen molar-refractivity contribution in [2.24, 2.45) is 0 Å². The second-order valence-electron chi connectivity index (χ2n) is 9.39. The molecule has 16 heteroatoms. The molecule has 0 unspecified atom stereocenters. The summed E-state index contributed by atoms with van der Waals surface area (Å²) in [6.07, 6.45) is -8.88. The van der Waals surface area contributed by atoms with Gasteiger partial charge >= 0.3 is 12.5 Å². The zero-order valence-electron chi connectivity index (χ0n) is 22.0. The number of nitrogens with one attached hydrogen (secondary N) is 2. The zero-order chi connectivity index (χ0) is 31.2. The minimum absolute atomic E-state index is 0.00579. The zero-order valence-corrected chi connectivity index (χ0v) is 22.9. The lowest BCUT2D eigenvalue weighted by Crippen LogP contribution is -2.27. The minimum atomic E-state index is -4.92. The van der Waals surface area contributed by atoms with Gasteiger partial charge < -0.3 is 24.7 Å². The summed E-state index contributed by atoms with van der Waals surface area (Å²) < 4.78 is 103. The van der Waals surface area contributed by atoms with E-state index in [2.05, 4.69) is 25.1 Å². The van der Waals surface area contributed by atoms with Crippen LogP contribution in [0.25, 0.3) is 11.0 Å². The molecule has 2 heterocycles. The van der Waals surface area contributed by atoms with E-state index < -0.39 is 58.0 Å². The fourth-order valence-electron chi connectivity index (χ4n) is 4.39. The lowest BCUT2D eigenvalue weighted by molar-refractivity contribution is -0.287. The Labute approximate surface area is 240 Å². The number of fused-ring (bicyclic) bond motifs is 2. The number of halogens is 5. The molecule has 0 fully saturated rings. The van der Waals surface area contributed by atoms with Crippen LogP contribution in [-0.2, 0) is 33.9 Å². The number of carbonyl (C=O) groups excluding carboxylic acids is 2. The third kappa shape index (κ3) is 6.23. The Kier molecular flexibility index (Phi) is 7.50. The van der Waals surface area contributed by atoms with Crippen molar-refractivity contribution in [3.63, 3.8) is 0 Å². The number of hydrogen-bond donors (Lipinski definition) is 2. The van der Waals surface area contributed by atoms with Gasteiger partial charge in [0.25, 0.3) is 5.91 Å². The molecule has 1 aliphatic heterocycles. The van der Waals surface area contributed by atoms with Crippen molar-refractivity contribution in [1.82, 2.24) is 20.2 Å². The van der Waals surface area contributed by atoms with Crippen LogP contribution in [0.5, 0.6) is 11.5 Å². The van der Waals surface area contributed by atoms with E-state index in [1.54, 1.807) is 0 Å². The second kappa shape index (κ2) is 10.8. The van der Waals surface area contributed by atoms with Gasteiger partial charge in [-0.15, -0.1) is 8.78 Å². The molecule has 10 nitrogen and oxygen atoms in total. The molecule has 43 heavy (non-hydrogen) atoms. The number of aromatic nitrogens is 2. The van der Waals surface area contributed by atoms with E-state index in [4.69, 9.17) is 0 Å². The highest BCUT2D eigenvalue weighted by atomic mass is 32.2. The maximum atomic E-state index is 13.9. The summed E-state index contributed by atoms with van der Waals surface area (Å²) in [6, 6.07) is 13.0. The number of rotatable bonds is 8. The largest absolute Gasteiger partial charge is 0.586 e. The topological polar surface area (TPSA) is 129 Å². The van der Waals surface area contributed by atoms with Crippen LogP contribution in [0.3, 0.4) is 0 Å². The molecule has 4 aromatic rings. The fourth-order valence-corrected chi connectivity index (χ4v) is 5.60. The Hall–Kier alpha value is -4.73. The van der Waals surface area contributed by atoms with Crippen LogP contribution in [0.15, 0.2) is 65.6 Å². The first-order valence-electron chi connectivity index (χ1n) is 12.4. The second-order valence-corrected chi connectivity index (χ2v) is 11.4. The molecule has 1 aromatic heterocycles. The minimum Gasteiger partial charge on any atom is -0.395 e. The summed E-state index contributed by atoms with van der Waals surface area (Å²) in [5.41, 5.74) is 0.326. The number of amides is 2. The highest BCUT2D eigenvalue weighted by Crippen LogP contribution is 2.44. The molecule has 0 saturated carbocycles. The number of nitrogens with zero attached hydrogens (tertiary/aromatic N) is 2. The molecule has 2 amide bonds. The van der Waals surface area contributed by atoms with Gasteiger partial charge in [-0.25, -0.2) is 13.4 Å². The van der Waals surface area contributed by atoms with Gasteiger partial charge in [0.15, 0.2) is 21.3 Å². The third-order valence-electron chi connectivity index (χ3n) is 6.44. The van der Waals surface area contributed by atoms with Crippen molar-refractivity contribution in [3.8, 4) is 11.5 Å². The SMILES string of the molecule is CNC(=O)CS(=O)(=O)c1ccc(CNC(=O)c2ccc3c(c2)nc(C(F)(F)F)n3Cc2cccc3c2OC(F)(F)O3)cc1.